The quantitative estimate of drug-likeness (QED) is 0.450. The molecule has 1 aliphatic carbocycles. The summed E-state index contributed by atoms with van der Waals surface area (Å²) in [5, 5.41) is 2.30. The largest absolute Gasteiger partial charge is 0.399 e. The van der Waals surface area contributed by atoms with E-state index in [9.17, 15) is 31.2 Å². The van der Waals surface area contributed by atoms with E-state index in [1.165, 1.54) is 17.2 Å². The summed E-state index contributed by atoms with van der Waals surface area (Å²) < 4.78 is 68.7. The minimum atomic E-state index is -4.50. The number of aryl methyl sites for hydroxylation is 1. The molecule has 0 aromatic carbocycles. The Morgan fingerprint density at radius 2 is 1.87 bits per heavy atom. The van der Waals surface area contributed by atoms with E-state index in [-0.39, 0.29) is 23.8 Å². The fraction of sp³-hybridized carbons (Fsp3) is 0.583. The third-order valence-corrected chi connectivity index (χ3v) is 10.5. The molecule has 2 aliphatic rings. The number of hydrogen-bond donors (Lipinski definition) is 3. The number of aromatic nitrogens is 2. The fourth-order valence-corrected chi connectivity index (χ4v) is 7.62. The number of thiazole rings is 1. The number of primary amides is 1. The van der Waals surface area contributed by atoms with Gasteiger partial charge in [0, 0.05) is 18.8 Å². The average Bonchev–Trinajstić information content (AvgIpc) is 3.58. The van der Waals surface area contributed by atoms with Gasteiger partial charge in [-0.15, -0.1) is 0 Å². The number of likely N-dealkylation sites (tertiary alicyclic amines) is 1. The second-order valence-electron chi connectivity index (χ2n) is 10.5. The second-order valence-corrected chi connectivity index (χ2v) is 13.5. The number of amides is 3. The third kappa shape index (κ3) is 6.04. The van der Waals surface area contributed by atoms with Gasteiger partial charge in [-0.1, -0.05) is 24.2 Å². The van der Waals surface area contributed by atoms with Crippen LogP contribution in [0.4, 0.5) is 23.1 Å². The van der Waals surface area contributed by atoms with Gasteiger partial charge >= 0.3 is 12.2 Å². The Morgan fingerprint density at radius 1 is 1.21 bits per heavy atom. The van der Waals surface area contributed by atoms with Gasteiger partial charge in [0.2, 0.25) is 15.9 Å². The molecule has 2 aromatic rings. The highest BCUT2D eigenvalue weighted by Gasteiger charge is 2.49. The molecule has 2 fully saturated rings. The molecular weight excluding hydrogens is 557 g/mol. The van der Waals surface area contributed by atoms with Crippen molar-refractivity contribution < 1.29 is 31.2 Å². The van der Waals surface area contributed by atoms with Gasteiger partial charge in [0.1, 0.15) is 11.5 Å². The molecule has 0 unspecified atom stereocenters. The monoisotopic (exact) mass is 588 g/mol. The molecule has 0 bridgehead atoms. The molecule has 3 amide bonds. The highest BCUT2D eigenvalue weighted by molar-refractivity contribution is 7.90. The highest BCUT2D eigenvalue weighted by Crippen LogP contribution is 2.41. The number of sulfonamides is 1. The Morgan fingerprint density at radius 3 is 2.49 bits per heavy atom. The van der Waals surface area contributed by atoms with Crippen molar-refractivity contribution in [1.82, 2.24) is 19.6 Å². The first kappa shape index (κ1) is 29.2. The molecule has 2 atom stereocenters. The van der Waals surface area contributed by atoms with E-state index in [2.05, 4.69) is 20.0 Å². The zero-order valence-electron chi connectivity index (χ0n) is 21.7. The second kappa shape index (κ2) is 10.7. The number of halogens is 3. The van der Waals surface area contributed by atoms with Gasteiger partial charge in [0.25, 0.3) is 0 Å². The fourth-order valence-electron chi connectivity index (χ4n) is 4.88. The maximum Gasteiger partial charge on any atom is 0.399 e. The molecule has 0 radical (unpaired) electrons. The molecule has 214 valence electrons. The molecule has 39 heavy (non-hydrogen) atoms. The van der Waals surface area contributed by atoms with Crippen LogP contribution >= 0.6 is 11.3 Å². The lowest BCUT2D eigenvalue weighted by Crippen LogP contribution is -2.46. The van der Waals surface area contributed by atoms with Crippen molar-refractivity contribution in [2.75, 3.05) is 11.9 Å². The van der Waals surface area contributed by atoms with Crippen molar-refractivity contribution in [3.63, 3.8) is 0 Å². The van der Waals surface area contributed by atoms with Crippen molar-refractivity contribution in [2.45, 2.75) is 81.8 Å². The summed E-state index contributed by atoms with van der Waals surface area (Å²) in [6.07, 6.45) is -0.338. The van der Waals surface area contributed by atoms with E-state index < -0.39 is 50.9 Å². The van der Waals surface area contributed by atoms with Crippen LogP contribution in [0, 0.1) is 6.92 Å². The predicted octanol–water partition coefficient (Wildman–Crippen LogP) is 3.68. The van der Waals surface area contributed by atoms with Gasteiger partial charge in [0.05, 0.1) is 21.5 Å². The summed E-state index contributed by atoms with van der Waals surface area (Å²) in [6, 6.07) is 0.542. The lowest BCUT2D eigenvalue weighted by molar-refractivity contribution is -0.181. The summed E-state index contributed by atoms with van der Waals surface area (Å²) in [6.45, 7) is 3.71. The SMILES string of the molecule is Cc1nc(NC(=O)N2C[C@H](NS(=O)(=O)C3CCCC3)C[C@H]2C(N)=O)sc1-c1ccnc(C(C)(C)C(F)(F)F)c1. The van der Waals surface area contributed by atoms with Crippen LogP contribution in [0.5, 0.6) is 0 Å². The Hall–Kier alpha value is -2.78. The molecule has 10 nitrogen and oxygen atoms in total. The normalized spacial score (nSPS) is 20.9. The number of nitrogens with zero attached hydrogens (tertiary/aromatic N) is 3. The zero-order valence-corrected chi connectivity index (χ0v) is 23.3. The Bertz CT molecular complexity index is 1360. The van der Waals surface area contributed by atoms with Crippen molar-refractivity contribution in [3.05, 3.63) is 29.7 Å². The number of nitrogens with two attached hydrogens (primary N) is 1. The lowest BCUT2D eigenvalue weighted by atomic mass is 9.87. The van der Waals surface area contributed by atoms with Crippen LogP contribution in [0.3, 0.4) is 0 Å². The maximum absolute atomic E-state index is 13.5. The Labute approximate surface area is 228 Å². The van der Waals surface area contributed by atoms with Crippen molar-refractivity contribution in [3.8, 4) is 10.4 Å². The minimum absolute atomic E-state index is 0.0473. The van der Waals surface area contributed by atoms with Gasteiger partial charge in [-0.25, -0.2) is 22.9 Å². The molecule has 1 saturated carbocycles. The lowest BCUT2D eigenvalue weighted by Gasteiger charge is -2.27. The molecule has 2 aromatic heterocycles. The van der Waals surface area contributed by atoms with Gasteiger partial charge in [-0.05, 0) is 57.7 Å². The van der Waals surface area contributed by atoms with E-state index in [0.717, 1.165) is 38.0 Å². The Balaban J connectivity index is 1.50. The standard InChI is InChI=1S/C24H31F3N6O4S2/c1-13-19(14-8-9-29-18(10-14)23(2,3)24(25,26)27)38-21(30-13)31-22(35)33-12-15(11-17(33)20(28)34)32-39(36,37)16-6-4-5-7-16/h8-10,15-17,32H,4-7,11-12H2,1-3H3,(H2,28,34)(H,30,31,35)/t15-,17+/m1/s1. The van der Waals surface area contributed by atoms with Crippen LogP contribution < -0.4 is 15.8 Å². The number of carbonyl (C=O) groups excluding carboxylic acids is 2. The van der Waals surface area contributed by atoms with Crippen LogP contribution in [0.25, 0.3) is 10.4 Å². The van der Waals surface area contributed by atoms with E-state index in [4.69, 9.17) is 5.73 Å². The summed E-state index contributed by atoms with van der Waals surface area (Å²) in [5.74, 6) is -0.764. The topological polar surface area (TPSA) is 147 Å². The number of nitrogens with one attached hydrogen (secondary N) is 2. The van der Waals surface area contributed by atoms with E-state index >= 15 is 0 Å². The third-order valence-electron chi connectivity index (χ3n) is 7.34. The first-order chi connectivity index (χ1) is 18.1. The van der Waals surface area contributed by atoms with Crippen LogP contribution in [-0.2, 0) is 20.2 Å². The van der Waals surface area contributed by atoms with E-state index in [1.807, 2.05) is 0 Å². The molecule has 3 heterocycles. The molecule has 15 heteroatoms. The number of anilines is 1. The average molecular weight is 589 g/mol. The number of hydrogen-bond acceptors (Lipinski definition) is 7. The first-order valence-electron chi connectivity index (χ1n) is 12.5. The van der Waals surface area contributed by atoms with Crippen molar-refractivity contribution >= 4 is 38.4 Å². The van der Waals surface area contributed by atoms with Gasteiger partial charge in [-0.2, -0.15) is 13.2 Å². The van der Waals surface area contributed by atoms with Gasteiger partial charge in [0.15, 0.2) is 5.13 Å². The number of carbonyl (C=O) groups is 2. The molecule has 1 saturated heterocycles. The van der Waals surface area contributed by atoms with Gasteiger partial charge in [-0.3, -0.25) is 15.1 Å². The number of rotatable bonds is 7. The molecule has 1 aliphatic heterocycles. The number of urea groups is 1. The highest BCUT2D eigenvalue weighted by atomic mass is 32.2. The summed E-state index contributed by atoms with van der Waals surface area (Å²) >= 11 is 1.06. The molecule has 4 rings (SSSR count). The summed E-state index contributed by atoms with van der Waals surface area (Å²) in [5.41, 5.74) is 4.13. The maximum atomic E-state index is 13.5. The van der Waals surface area contributed by atoms with Crippen LogP contribution in [-0.4, -0.2) is 65.3 Å². The van der Waals surface area contributed by atoms with Crippen LogP contribution in [0.2, 0.25) is 0 Å². The predicted molar refractivity (Wildman–Crippen MR) is 141 cm³/mol. The Kier molecular flexibility index (Phi) is 7.98. The van der Waals surface area contributed by atoms with E-state index in [0.29, 0.717) is 29.0 Å². The van der Waals surface area contributed by atoms with Crippen molar-refractivity contribution in [2.24, 2.45) is 5.73 Å². The molecule has 4 N–H and O–H groups in total. The number of pyridine rings is 1. The summed E-state index contributed by atoms with van der Waals surface area (Å²) in [4.78, 5) is 35.2. The van der Waals surface area contributed by atoms with Crippen LogP contribution in [0.15, 0.2) is 18.3 Å². The van der Waals surface area contributed by atoms with Crippen LogP contribution in [0.1, 0.15) is 57.3 Å². The van der Waals surface area contributed by atoms with E-state index in [1.54, 1.807) is 13.0 Å². The smallest absolute Gasteiger partial charge is 0.368 e. The molecular formula is C24H31F3N6O4S2. The van der Waals surface area contributed by atoms with Crippen molar-refractivity contribution in [1.29, 1.82) is 0 Å². The molecule has 0 spiro atoms. The van der Waals surface area contributed by atoms with Gasteiger partial charge < -0.3 is 10.6 Å². The minimum Gasteiger partial charge on any atom is -0.368 e. The first-order valence-corrected chi connectivity index (χ1v) is 14.9. The number of alkyl halides is 3. The zero-order chi connectivity index (χ0) is 28.8. The summed E-state index contributed by atoms with van der Waals surface area (Å²) in [7, 11) is -3.60.